The van der Waals surface area contributed by atoms with Crippen LogP contribution < -0.4 is 0 Å². The lowest BCUT2D eigenvalue weighted by atomic mass is 9.66. The summed E-state index contributed by atoms with van der Waals surface area (Å²) < 4.78 is 61.1. The summed E-state index contributed by atoms with van der Waals surface area (Å²) in [4.78, 5) is 48.2. The van der Waals surface area contributed by atoms with Crippen molar-refractivity contribution >= 4 is 34.6 Å². The normalized spacial score (nSPS) is 25.7. The van der Waals surface area contributed by atoms with Crippen molar-refractivity contribution in [2.45, 2.75) is 13.0 Å². The number of aryl methyl sites for hydroxylation is 1. The molecular weight excluding hydrogens is 484 g/mol. The summed E-state index contributed by atoms with van der Waals surface area (Å²) in [5, 5.41) is 0. The van der Waals surface area contributed by atoms with Crippen molar-refractivity contribution in [2.24, 2.45) is 11.8 Å². The molecule has 18 heteroatoms. The molecule has 3 rings (SSSR count). The molecule has 0 saturated heterocycles. The minimum atomic E-state index is -5.63. The van der Waals surface area contributed by atoms with Crippen molar-refractivity contribution in [3.63, 3.8) is 0 Å². The number of fused-ring (bicyclic) bond motifs is 1. The van der Waals surface area contributed by atoms with Crippen LogP contribution in [0.4, 0.5) is 4.39 Å². The number of aromatic nitrogens is 4. The topological polar surface area (TPSA) is 203 Å². The molecule has 0 bridgehead atoms. The Bertz CT molecular complexity index is 1150. The lowest BCUT2D eigenvalue weighted by Crippen LogP contribution is -2.44. The molecule has 0 aliphatic heterocycles. The van der Waals surface area contributed by atoms with Gasteiger partial charge in [-0.2, -0.15) is 8.62 Å². The van der Waals surface area contributed by atoms with Crippen LogP contribution in [0.1, 0.15) is 11.7 Å². The molecule has 2 heterocycles. The van der Waals surface area contributed by atoms with E-state index in [2.05, 4.69) is 34.7 Å². The maximum Gasteiger partial charge on any atom is 0.490 e. The molecule has 2 unspecified atom stereocenters. The molecular formula is C13H18FN4O10P3. The molecule has 1 fully saturated rings. The molecule has 5 atom stereocenters. The fraction of sp³-hybridized carbons (Fsp3) is 0.462. The molecule has 14 nitrogen and oxygen atoms in total. The van der Waals surface area contributed by atoms with Crippen LogP contribution in [0.3, 0.4) is 0 Å². The van der Waals surface area contributed by atoms with Gasteiger partial charge in [0.2, 0.25) is 0 Å². The molecule has 0 amide bonds. The van der Waals surface area contributed by atoms with Crippen LogP contribution in [0, 0.1) is 18.8 Å². The lowest BCUT2D eigenvalue weighted by molar-refractivity contribution is 0.0746. The third-order valence-electron chi connectivity index (χ3n) is 4.63. The fourth-order valence-electron chi connectivity index (χ4n) is 3.33. The quantitative estimate of drug-likeness (QED) is 0.286. The van der Waals surface area contributed by atoms with E-state index in [0.29, 0.717) is 22.4 Å². The predicted octanol–water partition coefficient (Wildman–Crippen LogP) is 1.79. The van der Waals surface area contributed by atoms with Gasteiger partial charge in [-0.1, -0.05) is 6.58 Å². The van der Waals surface area contributed by atoms with Crippen molar-refractivity contribution < 1.29 is 50.8 Å². The Morgan fingerprint density at radius 2 is 1.81 bits per heavy atom. The zero-order valence-electron chi connectivity index (χ0n) is 15.8. The zero-order valence-corrected chi connectivity index (χ0v) is 18.4. The third kappa shape index (κ3) is 5.35. The minimum Gasteiger partial charge on any atom is -0.307 e. The van der Waals surface area contributed by atoms with E-state index < -0.39 is 54.6 Å². The van der Waals surface area contributed by atoms with E-state index in [9.17, 15) is 23.0 Å². The highest BCUT2D eigenvalue weighted by molar-refractivity contribution is 7.66. The number of hydrogen-bond acceptors (Lipinski definition) is 9. The Kier molecular flexibility index (Phi) is 6.68. The zero-order chi connectivity index (χ0) is 23.2. The second-order valence-corrected chi connectivity index (χ2v) is 11.0. The minimum absolute atomic E-state index is 0.414. The first-order chi connectivity index (χ1) is 14.2. The molecule has 4 N–H and O–H groups in total. The number of rotatable bonds is 9. The maximum absolute atomic E-state index is 13.7. The molecule has 0 spiro atoms. The average molecular weight is 502 g/mol. The van der Waals surface area contributed by atoms with Crippen LogP contribution in [0.25, 0.3) is 11.2 Å². The molecule has 2 aromatic rings. The van der Waals surface area contributed by atoms with Gasteiger partial charge in [0.15, 0.2) is 5.65 Å². The highest BCUT2D eigenvalue weighted by Crippen LogP contribution is 2.66. The summed E-state index contributed by atoms with van der Waals surface area (Å²) in [6.45, 7) is 4.08. The van der Waals surface area contributed by atoms with E-state index in [4.69, 9.17) is 14.7 Å². The van der Waals surface area contributed by atoms with E-state index in [1.54, 1.807) is 11.5 Å². The van der Waals surface area contributed by atoms with Gasteiger partial charge in [0.1, 0.15) is 11.8 Å². The predicted molar refractivity (Wildman–Crippen MR) is 101 cm³/mol. The summed E-state index contributed by atoms with van der Waals surface area (Å²) in [5.74, 6) is -1.53. The van der Waals surface area contributed by atoms with Gasteiger partial charge >= 0.3 is 23.5 Å². The highest BCUT2D eigenvalue weighted by Gasteiger charge is 2.48. The first-order valence-corrected chi connectivity index (χ1v) is 12.9. The van der Waals surface area contributed by atoms with Crippen molar-refractivity contribution in [2.75, 3.05) is 13.3 Å². The van der Waals surface area contributed by atoms with Crippen molar-refractivity contribution in [1.29, 1.82) is 0 Å². The Hall–Kier alpha value is -1.37. The van der Waals surface area contributed by atoms with Gasteiger partial charge in [-0.15, -0.1) is 0 Å². The SMILES string of the molecule is C=C1[C@@H](n2cnc3c(C)ncnc32)[C@H](CF)[C@H]1COP(=O)(O)OP(=O)(O)OP(=O)(O)O. The van der Waals surface area contributed by atoms with Crippen molar-refractivity contribution in [3.8, 4) is 0 Å². The highest BCUT2D eigenvalue weighted by atomic mass is 31.3. The largest absolute Gasteiger partial charge is 0.490 e. The maximum atomic E-state index is 13.7. The van der Waals surface area contributed by atoms with Crippen molar-refractivity contribution in [1.82, 2.24) is 19.5 Å². The molecule has 0 radical (unpaired) electrons. The second kappa shape index (κ2) is 8.53. The Balaban J connectivity index is 1.70. The van der Waals surface area contributed by atoms with E-state index in [-0.39, 0.29) is 0 Å². The van der Waals surface area contributed by atoms with Crippen LogP contribution in [0.5, 0.6) is 0 Å². The van der Waals surface area contributed by atoms with Gasteiger partial charge in [0.05, 0.1) is 31.3 Å². The Labute approximate surface area is 174 Å². The summed E-state index contributed by atoms with van der Waals surface area (Å²) in [6, 6.07) is -0.584. The summed E-state index contributed by atoms with van der Waals surface area (Å²) >= 11 is 0. The van der Waals surface area contributed by atoms with Gasteiger partial charge in [-0.3, -0.25) is 8.91 Å². The van der Waals surface area contributed by atoms with Crippen molar-refractivity contribution in [3.05, 3.63) is 30.5 Å². The smallest absolute Gasteiger partial charge is 0.307 e. The molecule has 172 valence electrons. The number of phosphoric acid groups is 3. The molecule has 0 aromatic carbocycles. The number of halogens is 1. The third-order valence-corrected chi connectivity index (χ3v) is 8.43. The lowest BCUT2D eigenvalue weighted by Gasteiger charge is -2.46. The van der Waals surface area contributed by atoms with E-state index >= 15 is 0 Å². The number of hydrogen-bond donors (Lipinski definition) is 4. The Morgan fingerprint density at radius 1 is 1.13 bits per heavy atom. The number of phosphoric ester groups is 1. The monoisotopic (exact) mass is 502 g/mol. The molecule has 1 saturated carbocycles. The average Bonchev–Trinajstić information content (AvgIpc) is 3.01. The van der Waals surface area contributed by atoms with Crippen LogP contribution in [0.15, 0.2) is 24.8 Å². The van der Waals surface area contributed by atoms with Gasteiger partial charge in [0.25, 0.3) is 0 Å². The van der Waals surface area contributed by atoms with E-state index in [0.717, 1.165) is 0 Å². The van der Waals surface area contributed by atoms with E-state index in [1.165, 1.54) is 12.7 Å². The van der Waals surface area contributed by atoms with Crippen LogP contribution in [-0.4, -0.2) is 52.4 Å². The molecule has 1 aliphatic carbocycles. The second-order valence-electron chi connectivity index (χ2n) is 6.61. The summed E-state index contributed by atoms with van der Waals surface area (Å²) in [6.07, 6.45) is 2.78. The summed E-state index contributed by atoms with van der Waals surface area (Å²) in [5.41, 5.74) is 2.00. The standard InChI is InChI=1S/C13H18FN4O10P3/c1-7-10(4-26-30(22,23)28-31(24,25)27-29(19,20)21)9(3-14)12(7)18-6-17-11-8(2)15-5-16-13(11)18/h5-6,9-10,12H,1,3-4H2,2H3,(H,22,23)(H,24,25)(H2,19,20,21)/t9-,10+,12-/m1/s1. The molecule has 31 heavy (non-hydrogen) atoms. The Morgan fingerprint density at radius 3 is 2.42 bits per heavy atom. The van der Waals surface area contributed by atoms with Gasteiger partial charge < -0.3 is 24.1 Å². The van der Waals surface area contributed by atoms with Crippen LogP contribution in [-0.2, 0) is 26.8 Å². The van der Waals surface area contributed by atoms with Crippen LogP contribution >= 0.6 is 23.5 Å². The first kappa shape index (κ1) is 24.3. The molecule has 1 aliphatic rings. The van der Waals surface area contributed by atoms with Gasteiger partial charge in [0, 0.05) is 11.8 Å². The van der Waals surface area contributed by atoms with Gasteiger partial charge in [-0.25, -0.2) is 28.6 Å². The summed E-state index contributed by atoms with van der Waals surface area (Å²) in [7, 11) is -16.4. The number of alkyl halides is 1. The first-order valence-electron chi connectivity index (χ1n) is 8.42. The van der Waals surface area contributed by atoms with E-state index in [1.807, 2.05) is 0 Å². The molecule has 2 aromatic heterocycles. The fourth-order valence-corrected chi connectivity index (χ4v) is 6.37. The van der Waals surface area contributed by atoms with Gasteiger partial charge in [-0.05, 0) is 12.5 Å². The number of imidazole rings is 1. The van der Waals surface area contributed by atoms with Crippen LogP contribution in [0.2, 0.25) is 0 Å². The number of nitrogens with zero attached hydrogens (tertiary/aromatic N) is 4.